The summed E-state index contributed by atoms with van der Waals surface area (Å²) in [5, 5.41) is 18.5. The Morgan fingerprint density at radius 3 is 2.25 bits per heavy atom. The van der Waals surface area contributed by atoms with Crippen LogP contribution in [0.25, 0.3) is 0 Å². The first-order chi connectivity index (χ1) is 13.5. The minimum absolute atomic E-state index is 0.100. The summed E-state index contributed by atoms with van der Waals surface area (Å²) < 4.78 is 0. The van der Waals surface area contributed by atoms with Crippen molar-refractivity contribution in [2.24, 2.45) is 0 Å². The summed E-state index contributed by atoms with van der Waals surface area (Å²) in [6.45, 7) is 3.71. The van der Waals surface area contributed by atoms with Crippen molar-refractivity contribution in [3.63, 3.8) is 0 Å². The Morgan fingerprint density at radius 2 is 1.64 bits per heavy atom. The Hall–Kier alpha value is -2.49. The molecule has 1 amide bonds. The lowest BCUT2D eigenvalue weighted by molar-refractivity contribution is -0.115. The molecular weight excluding hydrogens is 410 g/mol. The maximum absolute atomic E-state index is 12.3. The van der Waals surface area contributed by atoms with E-state index in [1.54, 1.807) is 0 Å². The summed E-state index contributed by atoms with van der Waals surface area (Å²) in [5.74, 6) is -0.100. The van der Waals surface area contributed by atoms with Gasteiger partial charge in [0.25, 0.3) is 0 Å². The third-order valence-corrected chi connectivity index (χ3v) is 5.65. The van der Waals surface area contributed by atoms with Gasteiger partial charge < -0.3 is 10.6 Å². The van der Waals surface area contributed by atoms with Gasteiger partial charge in [-0.15, -0.1) is 22.0 Å². The van der Waals surface area contributed by atoms with Crippen LogP contribution in [0.5, 0.6) is 0 Å². The van der Waals surface area contributed by atoms with Crippen molar-refractivity contribution in [1.82, 2.24) is 10.2 Å². The van der Waals surface area contributed by atoms with Crippen molar-refractivity contribution < 1.29 is 4.79 Å². The van der Waals surface area contributed by atoms with Gasteiger partial charge >= 0.3 is 0 Å². The van der Waals surface area contributed by atoms with Crippen molar-refractivity contribution in [2.45, 2.75) is 24.0 Å². The average Bonchev–Trinajstić information content (AvgIpc) is 3.08. The second-order valence-corrected chi connectivity index (χ2v) is 8.85. The van der Waals surface area contributed by atoms with Crippen molar-refractivity contribution in [1.29, 1.82) is 0 Å². The average molecular weight is 430 g/mol. The van der Waals surface area contributed by atoms with Gasteiger partial charge in [0.1, 0.15) is 5.01 Å². The number of aryl methyl sites for hydroxylation is 1. The molecule has 3 aromatic rings. The molecule has 9 heteroatoms. The molecule has 0 saturated carbocycles. The van der Waals surface area contributed by atoms with E-state index in [1.165, 1.54) is 23.1 Å². The Bertz CT molecular complexity index is 944. The molecule has 28 heavy (non-hydrogen) atoms. The van der Waals surface area contributed by atoms with Crippen molar-refractivity contribution >= 4 is 62.8 Å². The Morgan fingerprint density at radius 1 is 1.00 bits per heavy atom. The quantitative estimate of drug-likeness (QED) is 0.385. The normalized spacial score (nSPS) is 11.5. The summed E-state index contributed by atoms with van der Waals surface area (Å²) in [6, 6.07) is 17.5. The monoisotopic (exact) mass is 429 g/mol. The van der Waals surface area contributed by atoms with Gasteiger partial charge in [-0.2, -0.15) is 0 Å². The van der Waals surface area contributed by atoms with Crippen LogP contribution in [0.15, 0.2) is 59.5 Å². The van der Waals surface area contributed by atoms with Crippen molar-refractivity contribution in [3.05, 3.63) is 59.6 Å². The molecule has 0 fully saturated rings. The number of aromatic nitrogens is 2. The molecule has 0 aliphatic rings. The summed E-state index contributed by atoms with van der Waals surface area (Å²) in [4.78, 5) is 13.3. The van der Waals surface area contributed by atoms with Crippen LogP contribution in [0, 0.1) is 6.92 Å². The molecule has 6 nitrogen and oxygen atoms in total. The molecule has 1 heterocycles. The lowest BCUT2D eigenvalue weighted by atomic mass is 10.3. The molecule has 144 valence electrons. The SMILES string of the molecule is Cc1nnc(NC(=O)[C@@H](C)Sc2ccc(NC(=S)Nc3ccccc3)cc2)s1. The highest BCUT2D eigenvalue weighted by molar-refractivity contribution is 8.00. The Balaban J connectivity index is 1.50. The molecule has 0 radical (unpaired) electrons. The minimum atomic E-state index is -0.260. The summed E-state index contributed by atoms with van der Waals surface area (Å²) in [6.07, 6.45) is 0. The fourth-order valence-electron chi connectivity index (χ4n) is 2.24. The number of benzene rings is 2. The van der Waals surface area contributed by atoms with E-state index in [1.807, 2.05) is 68.4 Å². The van der Waals surface area contributed by atoms with Crippen LogP contribution in [0.2, 0.25) is 0 Å². The fourth-order valence-corrected chi connectivity index (χ4v) is 3.94. The highest BCUT2D eigenvalue weighted by atomic mass is 32.2. The predicted octanol–water partition coefficient (Wildman–Crippen LogP) is 4.77. The number of nitrogens with zero attached hydrogens (tertiary/aromatic N) is 2. The van der Waals surface area contributed by atoms with Gasteiger partial charge in [0.2, 0.25) is 11.0 Å². The topological polar surface area (TPSA) is 78.9 Å². The molecule has 1 atom stereocenters. The van der Waals surface area contributed by atoms with Crippen molar-refractivity contribution in [3.8, 4) is 0 Å². The Kier molecular flexibility index (Phi) is 6.96. The van der Waals surface area contributed by atoms with Crippen LogP contribution < -0.4 is 16.0 Å². The van der Waals surface area contributed by atoms with Gasteiger partial charge in [-0.05, 0) is 62.5 Å². The molecule has 3 rings (SSSR count). The van der Waals surface area contributed by atoms with E-state index >= 15 is 0 Å². The predicted molar refractivity (Wildman–Crippen MR) is 121 cm³/mol. The maximum atomic E-state index is 12.3. The molecule has 0 aliphatic carbocycles. The van der Waals surface area contributed by atoms with E-state index in [2.05, 4.69) is 26.1 Å². The van der Waals surface area contributed by atoms with Gasteiger partial charge in [0.05, 0.1) is 5.25 Å². The minimum Gasteiger partial charge on any atom is -0.332 e. The number of thioether (sulfide) groups is 1. The second-order valence-electron chi connectivity index (χ2n) is 5.85. The summed E-state index contributed by atoms with van der Waals surface area (Å²) in [5.41, 5.74) is 1.80. The molecule has 0 spiro atoms. The number of nitrogens with one attached hydrogen (secondary N) is 3. The maximum Gasteiger partial charge on any atom is 0.239 e. The lowest BCUT2D eigenvalue weighted by Gasteiger charge is -2.12. The molecule has 0 aliphatic heterocycles. The van der Waals surface area contributed by atoms with Gasteiger partial charge in [0, 0.05) is 16.3 Å². The fraction of sp³-hybridized carbons (Fsp3) is 0.158. The van der Waals surface area contributed by atoms with Crippen LogP contribution in [-0.4, -0.2) is 26.5 Å². The van der Waals surface area contributed by atoms with Gasteiger partial charge in [-0.1, -0.05) is 29.5 Å². The van der Waals surface area contributed by atoms with Crippen LogP contribution in [0.1, 0.15) is 11.9 Å². The van der Waals surface area contributed by atoms with Gasteiger partial charge in [0.15, 0.2) is 5.11 Å². The van der Waals surface area contributed by atoms with Crippen LogP contribution in [-0.2, 0) is 4.79 Å². The smallest absolute Gasteiger partial charge is 0.239 e. The van der Waals surface area contributed by atoms with Crippen LogP contribution in [0.3, 0.4) is 0 Å². The second kappa shape index (κ2) is 9.63. The highest BCUT2D eigenvalue weighted by Gasteiger charge is 2.16. The molecule has 1 aromatic heterocycles. The molecular formula is C19H19N5OS3. The first-order valence-corrected chi connectivity index (χ1v) is 10.6. The van der Waals surface area contributed by atoms with Gasteiger partial charge in [-0.3, -0.25) is 10.1 Å². The molecule has 3 N–H and O–H groups in total. The number of carbonyl (C=O) groups is 1. The van der Waals surface area contributed by atoms with E-state index in [0.29, 0.717) is 10.2 Å². The number of carbonyl (C=O) groups excluding carboxylic acids is 1. The summed E-state index contributed by atoms with van der Waals surface area (Å²) in [7, 11) is 0. The standard InChI is InChI=1S/C19H19N5OS3/c1-12(17(25)22-19-24-23-13(2)28-19)27-16-10-8-15(9-11-16)21-18(26)20-14-6-4-3-5-7-14/h3-12H,1-2H3,(H2,20,21,26)(H,22,24,25)/t12-/m1/s1. The summed E-state index contributed by atoms with van der Waals surface area (Å²) >= 11 is 8.16. The number of para-hydroxylation sites is 1. The zero-order valence-electron chi connectivity index (χ0n) is 15.3. The molecule has 2 aromatic carbocycles. The number of anilines is 3. The third kappa shape index (κ3) is 6.01. The van der Waals surface area contributed by atoms with E-state index < -0.39 is 0 Å². The van der Waals surface area contributed by atoms with E-state index in [0.717, 1.165) is 21.3 Å². The third-order valence-electron chi connectivity index (χ3n) is 3.58. The first kappa shape index (κ1) is 20.2. The molecule has 0 unspecified atom stereocenters. The number of hydrogen-bond acceptors (Lipinski definition) is 6. The van der Waals surface area contributed by atoms with Gasteiger partial charge in [-0.25, -0.2) is 0 Å². The van der Waals surface area contributed by atoms with Crippen molar-refractivity contribution in [2.75, 3.05) is 16.0 Å². The van der Waals surface area contributed by atoms with E-state index in [4.69, 9.17) is 12.2 Å². The zero-order chi connectivity index (χ0) is 19.9. The Labute approximate surface area is 177 Å². The molecule has 0 bridgehead atoms. The van der Waals surface area contributed by atoms with E-state index in [-0.39, 0.29) is 11.2 Å². The number of amides is 1. The number of hydrogen-bond donors (Lipinski definition) is 3. The number of thiocarbonyl (C=S) groups is 1. The number of rotatable bonds is 6. The highest BCUT2D eigenvalue weighted by Crippen LogP contribution is 2.26. The molecule has 0 saturated heterocycles. The largest absolute Gasteiger partial charge is 0.332 e. The van der Waals surface area contributed by atoms with E-state index in [9.17, 15) is 4.79 Å². The zero-order valence-corrected chi connectivity index (χ0v) is 17.8. The first-order valence-electron chi connectivity index (χ1n) is 8.50. The van der Waals surface area contributed by atoms with Crippen LogP contribution >= 0.6 is 35.3 Å². The van der Waals surface area contributed by atoms with Crippen LogP contribution in [0.4, 0.5) is 16.5 Å². The lowest BCUT2D eigenvalue weighted by Crippen LogP contribution is -2.22.